The van der Waals surface area contributed by atoms with Crippen molar-refractivity contribution in [1.82, 2.24) is 10.3 Å². The lowest BCUT2D eigenvalue weighted by molar-refractivity contribution is 0.0463. The van der Waals surface area contributed by atoms with Crippen molar-refractivity contribution in [3.05, 3.63) is 76.1 Å². The molecule has 148 valence electrons. The van der Waals surface area contributed by atoms with E-state index in [0.717, 1.165) is 16.1 Å². The van der Waals surface area contributed by atoms with Gasteiger partial charge in [0.25, 0.3) is 0 Å². The molecule has 29 heavy (non-hydrogen) atoms. The summed E-state index contributed by atoms with van der Waals surface area (Å²) >= 11 is 1.55. The van der Waals surface area contributed by atoms with Crippen LogP contribution in [0.3, 0.4) is 0 Å². The Labute approximate surface area is 170 Å². The average molecular weight is 410 g/mol. The van der Waals surface area contributed by atoms with Crippen LogP contribution < -0.4 is 4.74 Å². The molecule has 0 aliphatic rings. The van der Waals surface area contributed by atoms with Gasteiger partial charge in [-0.1, -0.05) is 22.4 Å². The van der Waals surface area contributed by atoms with E-state index in [4.69, 9.17) is 18.5 Å². The average Bonchev–Trinajstić information content (AvgIpc) is 3.47. The van der Waals surface area contributed by atoms with E-state index < -0.39 is 5.97 Å². The molecule has 0 radical (unpaired) electrons. The summed E-state index contributed by atoms with van der Waals surface area (Å²) in [7, 11) is 0. The predicted molar refractivity (Wildman–Crippen MR) is 106 cm³/mol. The number of nitrogens with zero attached hydrogens (tertiary/aromatic N) is 2. The van der Waals surface area contributed by atoms with Crippen LogP contribution in [-0.2, 0) is 18.0 Å². The minimum Gasteiger partial charge on any atom is -0.489 e. The highest BCUT2D eigenvalue weighted by Crippen LogP contribution is 2.25. The first-order chi connectivity index (χ1) is 14.1. The van der Waals surface area contributed by atoms with Gasteiger partial charge in [-0.25, -0.2) is 4.79 Å². The van der Waals surface area contributed by atoms with E-state index in [1.807, 2.05) is 31.4 Å². The summed E-state index contributed by atoms with van der Waals surface area (Å²) in [4.78, 5) is 13.4. The summed E-state index contributed by atoms with van der Waals surface area (Å²) in [6.45, 7) is 4.03. The SMILES string of the molecule is Cc1noc(C)c1COc1cccc(C(=O)OCc2cc(-c3cccs3)on2)c1. The molecule has 3 heterocycles. The maximum absolute atomic E-state index is 12.4. The van der Waals surface area contributed by atoms with E-state index in [9.17, 15) is 4.79 Å². The Morgan fingerprint density at radius 2 is 1.97 bits per heavy atom. The van der Waals surface area contributed by atoms with Crippen molar-refractivity contribution in [2.24, 2.45) is 0 Å². The number of aryl methyl sites for hydroxylation is 2. The number of hydrogen-bond acceptors (Lipinski definition) is 8. The van der Waals surface area contributed by atoms with Crippen LogP contribution >= 0.6 is 11.3 Å². The first-order valence-electron chi connectivity index (χ1n) is 8.91. The van der Waals surface area contributed by atoms with Crippen molar-refractivity contribution in [1.29, 1.82) is 0 Å². The zero-order valence-electron chi connectivity index (χ0n) is 15.9. The molecular formula is C21H18N2O5S. The Morgan fingerprint density at radius 3 is 2.72 bits per heavy atom. The summed E-state index contributed by atoms with van der Waals surface area (Å²) in [6.07, 6.45) is 0. The molecule has 4 rings (SSSR count). The van der Waals surface area contributed by atoms with Gasteiger partial charge in [-0.2, -0.15) is 0 Å². The molecule has 4 aromatic rings. The highest BCUT2D eigenvalue weighted by molar-refractivity contribution is 7.13. The number of benzene rings is 1. The molecule has 0 unspecified atom stereocenters. The van der Waals surface area contributed by atoms with Gasteiger partial charge >= 0.3 is 5.97 Å². The maximum atomic E-state index is 12.4. The predicted octanol–water partition coefficient (Wildman–Crippen LogP) is 4.94. The van der Waals surface area contributed by atoms with Gasteiger partial charge < -0.3 is 18.5 Å². The van der Waals surface area contributed by atoms with Crippen LogP contribution in [-0.4, -0.2) is 16.3 Å². The van der Waals surface area contributed by atoms with Crippen LogP contribution in [0.5, 0.6) is 5.75 Å². The molecule has 0 aliphatic heterocycles. The molecule has 0 fully saturated rings. The number of esters is 1. The number of aromatic nitrogens is 2. The molecule has 7 nitrogen and oxygen atoms in total. The molecule has 0 saturated carbocycles. The topological polar surface area (TPSA) is 87.6 Å². The van der Waals surface area contributed by atoms with E-state index in [1.54, 1.807) is 41.7 Å². The number of carbonyl (C=O) groups is 1. The number of hydrogen-bond donors (Lipinski definition) is 0. The summed E-state index contributed by atoms with van der Waals surface area (Å²) in [5.74, 6) is 1.46. The Hall–Kier alpha value is -3.39. The maximum Gasteiger partial charge on any atom is 0.338 e. The third kappa shape index (κ3) is 4.38. The quantitative estimate of drug-likeness (QED) is 0.399. The molecule has 0 bridgehead atoms. The zero-order chi connectivity index (χ0) is 20.2. The highest BCUT2D eigenvalue weighted by atomic mass is 32.1. The van der Waals surface area contributed by atoms with Crippen LogP contribution in [0.4, 0.5) is 0 Å². The first-order valence-corrected chi connectivity index (χ1v) is 9.79. The highest BCUT2D eigenvalue weighted by Gasteiger charge is 2.13. The van der Waals surface area contributed by atoms with Crippen molar-refractivity contribution in [3.63, 3.8) is 0 Å². The normalized spacial score (nSPS) is 10.8. The molecule has 0 saturated heterocycles. The Bertz CT molecular complexity index is 1090. The third-order valence-corrected chi connectivity index (χ3v) is 5.19. The van der Waals surface area contributed by atoms with Gasteiger partial charge in [0, 0.05) is 6.07 Å². The number of thiophene rings is 1. The van der Waals surface area contributed by atoms with Crippen molar-refractivity contribution < 1.29 is 23.3 Å². The van der Waals surface area contributed by atoms with Gasteiger partial charge in [0.1, 0.15) is 30.4 Å². The van der Waals surface area contributed by atoms with Crippen molar-refractivity contribution in [2.45, 2.75) is 27.1 Å². The van der Waals surface area contributed by atoms with Gasteiger partial charge in [0.05, 0.1) is 21.7 Å². The smallest absolute Gasteiger partial charge is 0.338 e. The van der Waals surface area contributed by atoms with Crippen molar-refractivity contribution >= 4 is 17.3 Å². The van der Waals surface area contributed by atoms with E-state index in [1.165, 1.54) is 0 Å². The fourth-order valence-electron chi connectivity index (χ4n) is 2.71. The zero-order valence-corrected chi connectivity index (χ0v) is 16.7. The summed E-state index contributed by atoms with van der Waals surface area (Å²) in [5.41, 5.74) is 2.62. The van der Waals surface area contributed by atoms with E-state index in [0.29, 0.717) is 35.1 Å². The van der Waals surface area contributed by atoms with Gasteiger partial charge in [0.2, 0.25) is 0 Å². The van der Waals surface area contributed by atoms with E-state index in [2.05, 4.69) is 10.3 Å². The number of ether oxygens (including phenoxy) is 2. The molecule has 0 amide bonds. The van der Waals surface area contributed by atoms with Crippen LogP contribution in [0, 0.1) is 13.8 Å². The van der Waals surface area contributed by atoms with Gasteiger partial charge in [-0.15, -0.1) is 11.3 Å². The Kier molecular flexibility index (Phi) is 5.44. The Morgan fingerprint density at radius 1 is 1.07 bits per heavy atom. The van der Waals surface area contributed by atoms with Crippen LogP contribution in [0.25, 0.3) is 10.6 Å². The van der Waals surface area contributed by atoms with Crippen LogP contribution in [0.1, 0.15) is 33.1 Å². The second-order valence-electron chi connectivity index (χ2n) is 6.36. The lowest BCUT2D eigenvalue weighted by Crippen LogP contribution is -2.06. The minimum absolute atomic E-state index is 0.0257. The monoisotopic (exact) mass is 410 g/mol. The molecule has 0 aliphatic carbocycles. The second kappa shape index (κ2) is 8.32. The van der Waals surface area contributed by atoms with Crippen molar-refractivity contribution in [2.75, 3.05) is 0 Å². The van der Waals surface area contributed by atoms with E-state index >= 15 is 0 Å². The summed E-state index contributed by atoms with van der Waals surface area (Å²) in [5, 5.41) is 9.80. The summed E-state index contributed by atoms with van der Waals surface area (Å²) in [6, 6.07) is 12.5. The lowest BCUT2D eigenvalue weighted by atomic mass is 10.2. The van der Waals surface area contributed by atoms with Crippen molar-refractivity contribution in [3.8, 4) is 16.4 Å². The van der Waals surface area contributed by atoms with Crippen LogP contribution in [0.2, 0.25) is 0 Å². The summed E-state index contributed by atoms with van der Waals surface area (Å²) < 4.78 is 21.5. The molecule has 0 spiro atoms. The first kappa shape index (κ1) is 18.9. The number of carbonyl (C=O) groups excluding carboxylic acids is 1. The van der Waals surface area contributed by atoms with Crippen LogP contribution in [0.15, 0.2) is 56.9 Å². The molecule has 3 aromatic heterocycles. The fraction of sp³-hybridized carbons (Fsp3) is 0.190. The third-order valence-electron chi connectivity index (χ3n) is 4.31. The van der Waals surface area contributed by atoms with Gasteiger partial charge in [-0.05, 0) is 43.5 Å². The van der Waals surface area contributed by atoms with Gasteiger partial charge in [0.15, 0.2) is 5.76 Å². The molecule has 1 aromatic carbocycles. The lowest BCUT2D eigenvalue weighted by Gasteiger charge is -2.08. The fourth-order valence-corrected chi connectivity index (χ4v) is 3.39. The van der Waals surface area contributed by atoms with Gasteiger partial charge in [-0.3, -0.25) is 0 Å². The second-order valence-corrected chi connectivity index (χ2v) is 7.30. The minimum atomic E-state index is -0.464. The molecule has 0 N–H and O–H groups in total. The largest absolute Gasteiger partial charge is 0.489 e. The molecular weight excluding hydrogens is 392 g/mol. The molecule has 8 heteroatoms. The standard InChI is InChI=1S/C21H18N2O5S/c1-13-18(14(2)27-22-13)12-25-17-6-3-5-15(9-17)21(24)26-11-16-10-19(28-23-16)20-7-4-8-29-20/h3-10H,11-12H2,1-2H3. The number of rotatable bonds is 7. The van der Waals surface area contributed by atoms with E-state index in [-0.39, 0.29) is 6.61 Å². The Balaban J connectivity index is 1.36. The molecule has 0 atom stereocenters.